The van der Waals surface area contributed by atoms with E-state index in [-0.39, 0.29) is 23.8 Å². The molecule has 1 amide bonds. The van der Waals surface area contributed by atoms with E-state index in [9.17, 15) is 9.59 Å². The number of aliphatic carboxylic acids is 1. The molecule has 98 valence electrons. The fraction of sp³-hybridized carbons (Fsp3) is 0.833. The molecule has 0 spiro atoms. The van der Waals surface area contributed by atoms with E-state index in [4.69, 9.17) is 5.11 Å². The average Bonchev–Trinajstić information content (AvgIpc) is 2.62. The first-order valence-electron chi connectivity index (χ1n) is 6.18. The molecule has 0 aromatic heterocycles. The highest BCUT2D eigenvalue weighted by atomic mass is 16.4. The molecule has 0 radical (unpaired) electrons. The van der Waals surface area contributed by atoms with Crippen LogP contribution in [0.4, 0.5) is 0 Å². The number of carboxylic acid groups (broad SMARTS) is 1. The molecule has 1 saturated heterocycles. The molecule has 1 aliphatic heterocycles. The van der Waals surface area contributed by atoms with Crippen molar-refractivity contribution in [2.75, 3.05) is 6.54 Å². The first-order valence-corrected chi connectivity index (χ1v) is 6.18. The van der Waals surface area contributed by atoms with E-state index in [1.54, 1.807) is 0 Å². The van der Waals surface area contributed by atoms with Crippen molar-refractivity contribution in [2.24, 2.45) is 11.8 Å². The van der Waals surface area contributed by atoms with E-state index in [2.05, 4.69) is 10.6 Å². The largest absolute Gasteiger partial charge is 0.480 e. The van der Waals surface area contributed by atoms with Crippen LogP contribution in [0.5, 0.6) is 0 Å². The highest BCUT2D eigenvalue weighted by molar-refractivity contribution is 5.85. The Morgan fingerprint density at radius 2 is 2.12 bits per heavy atom. The Morgan fingerprint density at radius 1 is 1.47 bits per heavy atom. The van der Waals surface area contributed by atoms with Gasteiger partial charge >= 0.3 is 5.97 Å². The molecule has 1 rings (SSSR count). The lowest BCUT2D eigenvalue weighted by Crippen LogP contribution is -2.46. The van der Waals surface area contributed by atoms with E-state index in [0.717, 1.165) is 13.0 Å². The molecule has 0 aliphatic carbocycles. The summed E-state index contributed by atoms with van der Waals surface area (Å²) in [6.07, 6.45) is 1.25. The van der Waals surface area contributed by atoms with Crippen molar-refractivity contribution >= 4 is 11.9 Å². The van der Waals surface area contributed by atoms with Crippen molar-refractivity contribution in [2.45, 2.75) is 45.7 Å². The third-order valence-electron chi connectivity index (χ3n) is 3.18. The lowest BCUT2D eigenvalue weighted by atomic mass is 9.99. The normalized spacial score (nSPS) is 25.9. The summed E-state index contributed by atoms with van der Waals surface area (Å²) in [6, 6.07) is -0.640. The molecular formula is C12H22N2O3. The van der Waals surface area contributed by atoms with Gasteiger partial charge < -0.3 is 15.7 Å². The van der Waals surface area contributed by atoms with Crippen molar-refractivity contribution < 1.29 is 14.7 Å². The molecule has 0 saturated carbocycles. The Morgan fingerprint density at radius 3 is 2.53 bits per heavy atom. The second kappa shape index (κ2) is 6.00. The van der Waals surface area contributed by atoms with Crippen molar-refractivity contribution in [3.63, 3.8) is 0 Å². The fourth-order valence-corrected chi connectivity index (χ4v) is 2.19. The van der Waals surface area contributed by atoms with Crippen LogP contribution >= 0.6 is 0 Å². The van der Waals surface area contributed by atoms with Crippen LogP contribution in [-0.2, 0) is 9.59 Å². The molecule has 2 unspecified atom stereocenters. The first-order chi connectivity index (χ1) is 7.91. The van der Waals surface area contributed by atoms with Crippen LogP contribution in [0.1, 0.15) is 33.6 Å². The minimum atomic E-state index is -0.953. The molecule has 3 N–H and O–H groups in total. The highest BCUT2D eigenvalue weighted by Gasteiger charge is 2.32. The van der Waals surface area contributed by atoms with Crippen LogP contribution in [0.15, 0.2) is 0 Å². The summed E-state index contributed by atoms with van der Waals surface area (Å²) >= 11 is 0. The van der Waals surface area contributed by atoms with Gasteiger partial charge in [-0.1, -0.05) is 13.8 Å². The zero-order valence-electron chi connectivity index (χ0n) is 10.7. The minimum Gasteiger partial charge on any atom is -0.480 e. The van der Waals surface area contributed by atoms with Gasteiger partial charge in [0.25, 0.3) is 0 Å². The lowest BCUT2D eigenvalue weighted by molar-refractivity contribution is -0.143. The Bertz CT molecular complexity index is 291. The lowest BCUT2D eigenvalue weighted by Gasteiger charge is -2.20. The van der Waals surface area contributed by atoms with Gasteiger partial charge in [0.15, 0.2) is 0 Å². The Balaban J connectivity index is 2.54. The summed E-state index contributed by atoms with van der Waals surface area (Å²) in [5.74, 6) is -0.958. The summed E-state index contributed by atoms with van der Waals surface area (Å²) in [7, 11) is 0. The minimum absolute atomic E-state index is 0.107. The fourth-order valence-electron chi connectivity index (χ4n) is 2.19. The number of nitrogens with one attached hydrogen (secondary N) is 2. The van der Waals surface area contributed by atoms with Gasteiger partial charge in [-0.2, -0.15) is 0 Å². The summed E-state index contributed by atoms with van der Waals surface area (Å²) in [4.78, 5) is 23.0. The van der Waals surface area contributed by atoms with Gasteiger partial charge in [-0.15, -0.1) is 0 Å². The monoisotopic (exact) mass is 242 g/mol. The van der Waals surface area contributed by atoms with Gasteiger partial charge in [0, 0.05) is 6.04 Å². The average molecular weight is 242 g/mol. The van der Waals surface area contributed by atoms with Crippen LogP contribution in [0.2, 0.25) is 0 Å². The Kier molecular flexibility index (Phi) is 4.93. The topological polar surface area (TPSA) is 78.4 Å². The van der Waals surface area contributed by atoms with Gasteiger partial charge in [0.2, 0.25) is 5.91 Å². The van der Waals surface area contributed by atoms with Gasteiger partial charge in [0.1, 0.15) is 6.04 Å². The van der Waals surface area contributed by atoms with E-state index in [1.165, 1.54) is 0 Å². The van der Waals surface area contributed by atoms with Crippen LogP contribution in [0, 0.1) is 11.8 Å². The maximum Gasteiger partial charge on any atom is 0.326 e. The van der Waals surface area contributed by atoms with Crippen molar-refractivity contribution in [3.8, 4) is 0 Å². The second-order valence-electron chi connectivity index (χ2n) is 5.17. The SMILES string of the molecule is CC(C)C[C@@H](NC(=O)C1CCNC1C)C(=O)O. The number of amides is 1. The van der Waals surface area contributed by atoms with Crippen molar-refractivity contribution in [3.05, 3.63) is 0 Å². The van der Waals surface area contributed by atoms with Crippen LogP contribution in [0.25, 0.3) is 0 Å². The molecule has 0 aromatic carbocycles. The van der Waals surface area contributed by atoms with Gasteiger partial charge in [-0.05, 0) is 32.2 Å². The maximum absolute atomic E-state index is 11.9. The van der Waals surface area contributed by atoms with Crippen molar-refractivity contribution in [1.82, 2.24) is 10.6 Å². The zero-order chi connectivity index (χ0) is 13.0. The number of hydrogen-bond donors (Lipinski definition) is 3. The predicted octanol–water partition coefficient (Wildman–Crippen LogP) is 0.600. The van der Waals surface area contributed by atoms with E-state index >= 15 is 0 Å². The van der Waals surface area contributed by atoms with Gasteiger partial charge in [-0.3, -0.25) is 4.79 Å². The number of carbonyl (C=O) groups excluding carboxylic acids is 1. The van der Waals surface area contributed by atoms with Crippen LogP contribution < -0.4 is 10.6 Å². The number of carbonyl (C=O) groups is 2. The summed E-state index contributed by atoms with van der Waals surface area (Å²) in [6.45, 7) is 6.67. The molecule has 1 fully saturated rings. The number of carboxylic acids is 1. The molecule has 5 heteroatoms. The maximum atomic E-state index is 11.9. The molecule has 17 heavy (non-hydrogen) atoms. The molecule has 5 nitrogen and oxygen atoms in total. The van der Waals surface area contributed by atoms with Gasteiger partial charge in [0.05, 0.1) is 5.92 Å². The molecule has 1 aliphatic rings. The molecule has 0 aromatic rings. The van der Waals surface area contributed by atoms with Crippen LogP contribution in [0.3, 0.4) is 0 Å². The Hall–Kier alpha value is -1.10. The predicted molar refractivity (Wildman–Crippen MR) is 64.6 cm³/mol. The van der Waals surface area contributed by atoms with Gasteiger partial charge in [-0.25, -0.2) is 4.79 Å². The number of rotatable bonds is 5. The summed E-state index contributed by atoms with van der Waals surface area (Å²) < 4.78 is 0. The zero-order valence-corrected chi connectivity index (χ0v) is 10.7. The molecule has 0 bridgehead atoms. The third-order valence-corrected chi connectivity index (χ3v) is 3.18. The quantitative estimate of drug-likeness (QED) is 0.659. The van der Waals surface area contributed by atoms with E-state index < -0.39 is 12.0 Å². The number of hydrogen-bond acceptors (Lipinski definition) is 3. The summed E-state index contributed by atoms with van der Waals surface area (Å²) in [5.41, 5.74) is 0. The first kappa shape index (κ1) is 14.0. The smallest absolute Gasteiger partial charge is 0.326 e. The second-order valence-corrected chi connectivity index (χ2v) is 5.17. The molecule has 3 atom stereocenters. The molecule has 1 heterocycles. The highest BCUT2D eigenvalue weighted by Crippen LogP contribution is 2.16. The van der Waals surface area contributed by atoms with E-state index in [0.29, 0.717) is 6.42 Å². The van der Waals surface area contributed by atoms with Crippen LogP contribution in [-0.4, -0.2) is 35.6 Å². The van der Waals surface area contributed by atoms with E-state index in [1.807, 2.05) is 20.8 Å². The third kappa shape index (κ3) is 4.00. The molecular weight excluding hydrogens is 220 g/mol. The Labute approximate surface area is 102 Å². The summed E-state index contributed by atoms with van der Waals surface area (Å²) in [5, 5.41) is 14.9. The standard InChI is InChI=1S/C12H22N2O3/c1-7(2)6-10(12(16)17)14-11(15)9-4-5-13-8(9)3/h7-10,13H,4-6H2,1-3H3,(H,14,15)(H,16,17)/t8?,9?,10-/m1/s1. The van der Waals surface area contributed by atoms with Crippen molar-refractivity contribution in [1.29, 1.82) is 0 Å².